The predicted octanol–water partition coefficient (Wildman–Crippen LogP) is 5.30. The Hall–Kier alpha value is -1.56. The van der Waals surface area contributed by atoms with Gasteiger partial charge >= 0.3 is 0 Å². The summed E-state index contributed by atoms with van der Waals surface area (Å²) >= 11 is 8.02. The van der Waals surface area contributed by atoms with Crippen LogP contribution in [0.5, 0.6) is 0 Å². The van der Waals surface area contributed by atoms with Gasteiger partial charge in [-0.1, -0.05) is 35.4 Å². The zero-order valence-corrected chi connectivity index (χ0v) is 12.7. The number of benzene rings is 1. The Kier molecular flexibility index (Phi) is 4.09. The van der Waals surface area contributed by atoms with Crippen molar-refractivity contribution in [2.75, 3.05) is 0 Å². The SMILES string of the molecule is Cc1cc(C)c(/C(Cl)=C(/C#N)c2cccs2)c(C)c1. The van der Waals surface area contributed by atoms with Crippen molar-refractivity contribution in [3.05, 3.63) is 56.8 Å². The van der Waals surface area contributed by atoms with Gasteiger partial charge in [-0.2, -0.15) is 5.26 Å². The molecule has 2 rings (SSSR count). The van der Waals surface area contributed by atoms with E-state index in [0.29, 0.717) is 10.6 Å². The highest BCUT2D eigenvalue weighted by Crippen LogP contribution is 2.35. The Morgan fingerprint density at radius 3 is 2.32 bits per heavy atom. The first-order chi connectivity index (χ1) is 9.04. The molecule has 0 aliphatic rings. The Morgan fingerprint density at radius 1 is 1.21 bits per heavy atom. The van der Waals surface area contributed by atoms with Crippen LogP contribution >= 0.6 is 22.9 Å². The lowest BCUT2D eigenvalue weighted by Gasteiger charge is -2.11. The lowest BCUT2D eigenvalue weighted by Crippen LogP contribution is -1.93. The standard InChI is InChI=1S/C16H14ClNS/c1-10-7-11(2)15(12(3)8-10)16(17)13(9-18)14-5-4-6-19-14/h4-8H,1-3H3/b16-13+. The van der Waals surface area contributed by atoms with Crippen molar-refractivity contribution in [2.45, 2.75) is 20.8 Å². The van der Waals surface area contributed by atoms with Crippen molar-refractivity contribution in [2.24, 2.45) is 0 Å². The van der Waals surface area contributed by atoms with E-state index >= 15 is 0 Å². The summed E-state index contributed by atoms with van der Waals surface area (Å²) in [5.74, 6) is 0. The summed E-state index contributed by atoms with van der Waals surface area (Å²) < 4.78 is 0. The molecule has 1 aromatic heterocycles. The minimum absolute atomic E-state index is 0.542. The van der Waals surface area contributed by atoms with Crippen LogP contribution in [0, 0.1) is 32.1 Å². The molecule has 0 unspecified atom stereocenters. The van der Waals surface area contributed by atoms with Crippen LogP contribution in [0.4, 0.5) is 0 Å². The van der Waals surface area contributed by atoms with Gasteiger partial charge in [-0.05, 0) is 43.3 Å². The monoisotopic (exact) mass is 287 g/mol. The Labute approximate surface area is 122 Å². The van der Waals surface area contributed by atoms with E-state index in [1.54, 1.807) is 0 Å². The second kappa shape index (κ2) is 5.61. The van der Waals surface area contributed by atoms with Gasteiger partial charge in [0.25, 0.3) is 0 Å². The van der Waals surface area contributed by atoms with Gasteiger partial charge in [0, 0.05) is 10.4 Å². The molecule has 19 heavy (non-hydrogen) atoms. The normalized spacial score (nSPS) is 11.9. The topological polar surface area (TPSA) is 23.8 Å². The fraction of sp³-hybridized carbons (Fsp3) is 0.188. The zero-order valence-electron chi connectivity index (χ0n) is 11.1. The molecular formula is C16H14ClNS. The predicted molar refractivity (Wildman–Crippen MR) is 83.3 cm³/mol. The van der Waals surface area contributed by atoms with Crippen LogP contribution in [0.15, 0.2) is 29.6 Å². The van der Waals surface area contributed by atoms with Gasteiger partial charge in [-0.15, -0.1) is 11.3 Å². The first kappa shape index (κ1) is 13.9. The molecule has 0 aliphatic heterocycles. The number of nitriles is 1. The first-order valence-corrected chi connectivity index (χ1v) is 7.22. The van der Waals surface area contributed by atoms with E-state index in [-0.39, 0.29) is 0 Å². The van der Waals surface area contributed by atoms with E-state index in [4.69, 9.17) is 11.6 Å². The number of rotatable bonds is 2. The third-order valence-electron chi connectivity index (χ3n) is 3.00. The molecule has 0 radical (unpaired) electrons. The minimum Gasteiger partial charge on any atom is -0.192 e. The van der Waals surface area contributed by atoms with Crippen LogP contribution in [-0.2, 0) is 0 Å². The molecule has 2 aromatic rings. The quantitative estimate of drug-likeness (QED) is 0.687. The summed E-state index contributed by atoms with van der Waals surface area (Å²) in [4.78, 5) is 0.909. The van der Waals surface area contributed by atoms with Crippen molar-refractivity contribution in [1.82, 2.24) is 0 Å². The van der Waals surface area contributed by atoms with Crippen molar-refractivity contribution in [1.29, 1.82) is 5.26 Å². The van der Waals surface area contributed by atoms with E-state index < -0.39 is 0 Å². The number of thiophene rings is 1. The molecule has 1 nitrogen and oxygen atoms in total. The summed E-state index contributed by atoms with van der Waals surface area (Å²) in [6.45, 7) is 6.12. The third kappa shape index (κ3) is 2.73. The fourth-order valence-corrected chi connectivity index (χ4v) is 3.51. The van der Waals surface area contributed by atoms with Crippen molar-refractivity contribution in [3.8, 4) is 6.07 Å². The second-order valence-corrected chi connectivity index (χ2v) is 5.88. The number of hydrogen-bond acceptors (Lipinski definition) is 2. The number of hydrogen-bond donors (Lipinski definition) is 0. The summed E-state index contributed by atoms with van der Waals surface area (Å²) in [6, 6.07) is 10.3. The molecule has 0 spiro atoms. The van der Waals surface area contributed by atoms with Gasteiger partial charge in [0.05, 0.1) is 10.6 Å². The van der Waals surface area contributed by atoms with Gasteiger partial charge in [-0.3, -0.25) is 0 Å². The number of allylic oxidation sites excluding steroid dienone is 1. The van der Waals surface area contributed by atoms with Crippen LogP contribution in [0.3, 0.4) is 0 Å². The van der Waals surface area contributed by atoms with Crippen LogP contribution in [-0.4, -0.2) is 0 Å². The summed E-state index contributed by atoms with van der Waals surface area (Å²) in [5, 5.41) is 11.9. The van der Waals surface area contributed by atoms with Crippen LogP contribution in [0.1, 0.15) is 27.1 Å². The lowest BCUT2D eigenvalue weighted by molar-refractivity contribution is 1.30. The maximum atomic E-state index is 9.38. The first-order valence-electron chi connectivity index (χ1n) is 5.96. The van der Waals surface area contributed by atoms with Crippen LogP contribution in [0.2, 0.25) is 0 Å². The van der Waals surface area contributed by atoms with E-state index in [2.05, 4.69) is 25.1 Å². The van der Waals surface area contributed by atoms with Gasteiger partial charge < -0.3 is 0 Å². The highest BCUT2D eigenvalue weighted by atomic mass is 35.5. The molecule has 0 aliphatic carbocycles. The largest absolute Gasteiger partial charge is 0.192 e. The minimum atomic E-state index is 0.542. The van der Waals surface area contributed by atoms with E-state index in [1.807, 2.05) is 31.4 Å². The molecule has 1 heterocycles. The van der Waals surface area contributed by atoms with Gasteiger partial charge in [-0.25, -0.2) is 0 Å². The number of halogens is 1. The van der Waals surface area contributed by atoms with Gasteiger partial charge in [0.15, 0.2) is 0 Å². The summed E-state index contributed by atoms with van der Waals surface area (Å²) in [6.07, 6.45) is 0. The molecule has 0 saturated carbocycles. The molecule has 0 saturated heterocycles. The maximum Gasteiger partial charge on any atom is 0.102 e. The molecule has 3 heteroatoms. The third-order valence-corrected chi connectivity index (χ3v) is 4.26. The average Bonchev–Trinajstić information content (AvgIpc) is 2.82. The number of nitrogens with zero attached hydrogens (tertiary/aromatic N) is 1. The number of aryl methyl sites for hydroxylation is 3. The molecule has 0 amide bonds. The van der Waals surface area contributed by atoms with Crippen molar-refractivity contribution < 1.29 is 0 Å². The lowest BCUT2D eigenvalue weighted by atomic mass is 9.97. The average molecular weight is 288 g/mol. The molecule has 0 atom stereocenters. The smallest absolute Gasteiger partial charge is 0.102 e. The Balaban J connectivity index is 2.67. The molecule has 0 N–H and O–H groups in total. The highest BCUT2D eigenvalue weighted by molar-refractivity contribution is 7.11. The summed E-state index contributed by atoms with van der Waals surface area (Å²) in [7, 11) is 0. The Bertz CT molecular complexity index is 652. The molecule has 96 valence electrons. The van der Waals surface area contributed by atoms with Gasteiger partial charge in [0.2, 0.25) is 0 Å². The Morgan fingerprint density at radius 2 is 1.84 bits per heavy atom. The molecular weight excluding hydrogens is 274 g/mol. The fourth-order valence-electron chi connectivity index (χ4n) is 2.28. The zero-order chi connectivity index (χ0) is 14.0. The summed E-state index contributed by atoms with van der Waals surface area (Å²) in [5.41, 5.74) is 4.93. The van der Waals surface area contributed by atoms with Crippen LogP contribution in [0.25, 0.3) is 10.6 Å². The van der Waals surface area contributed by atoms with E-state index in [9.17, 15) is 5.26 Å². The van der Waals surface area contributed by atoms with Crippen molar-refractivity contribution in [3.63, 3.8) is 0 Å². The highest BCUT2D eigenvalue weighted by Gasteiger charge is 2.14. The molecule has 0 fully saturated rings. The van der Waals surface area contributed by atoms with Crippen LogP contribution < -0.4 is 0 Å². The maximum absolute atomic E-state index is 9.38. The molecule has 0 bridgehead atoms. The second-order valence-electron chi connectivity index (χ2n) is 4.55. The van der Waals surface area contributed by atoms with Gasteiger partial charge in [0.1, 0.15) is 6.07 Å². The van der Waals surface area contributed by atoms with Crippen molar-refractivity contribution >= 4 is 33.5 Å². The molecule has 1 aromatic carbocycles. The van der Waals surface area contributed by atoms with E-state index in [1.165, 1.54) is 16.9 Å². The van der Waals surface area contributed by atoms with E-state index in [0.717, 1.165) is 21.6 Å².